The average molecular weight is 422 g/mol. The van der Waals surface area contributed by atoms with Crippen LogP contribution >= 0.6 is 0 Å². The zero-order chi connectivity index (χ0) is 21.7. The molecule has 0 saturated carbocycles. The number of carbonyl (C=O) groups is 1. The predicted octanol–water partition coefficient (Wildman–Crippen LogP) is 2.27. The number of phenolic OH excluding ortho intramolecular Hbond substituents is 1. The number of hydrogen-bond acceptors (Lipinski definition) is 8. The minimum atomic E-state index is -1.03. The summed E-state index contributed by atoms with van der Waals surface area (Å²) < 4.78 is 35.5. The van der Waals surface area contributed by atoms with Crippen LogP contribution in [0.1, 0.15) is 33.3 Å². The summed E-state index contributed by atoms with van der Waals surface area (Å²) in [5.74, 6) is -2.83. The van der Waals surface area contributed by atoms with Gasteiger partial charge in [-0.05, 0) is 51.5 Å². The fraction of sp³-hybridized carbons (Fsp3) is 0.571. The first-order valence-corrected chi connectivity index (χ1v) is 9.78. The number of phenols is 1. The van der Waals surface area contributed by atoms with Crippen LogP contribution in [0.25, 0.3) is 6.08 Å². The van der Waals surface area contributed by atoms with Gasteiger partial charge in [-0.1, -0.05) is 6.07 Å². The minimum Gasteiger partial charge on any atom is -0.504 e. The lowest BCUT2D eigenvalue weighted by Crippen LogP contribution is -2.48. The van der Waals surface area contributed by atoms with Crippen LogP contribution in [0.15, 0.2) is 23.8 Å². The van der Waals surface area contributed by atoms with Gasteiger partial charge < -0.3 is 38.6 Å². The van der Waals surface area contributed by atoms with Crippen molar-refractivity contribution in [1.82, 2.24) is 0 Å². The molecule has 0 aliphatic carbocycles. The van der Waals surface area contributed by atoms with Crippen molar-refractivity contribution in [2.75, 3.05) is 13.2 Å². The number of aliphatic carboxylic acids is 1. The number of ether oxygens (including phenoxy) is 6. The maximum atomic E-state index is 11.0. The first-order valence-electron chi connectivity index (χ1n) is 9.78. The van der Waals surface area contributed by atoms with Crippen LogP contribution in [0, 0.1) is 0 Å². The largest absolute Gasteiger partial charge is 0.504 e. The molecule has 3 fully saturated rings. The van der Waals surface area contributed by atoms with Crippen LogP contribution in [0.5, 0.6) is 11.5 Å². The number of carboxylic acids is 1. The molecule has 3 aliphatic heterocycles. The second kappa shape index (κ2) is 7.51. The molecule has 9 nitrogen and oxygen atoms in total. The van der Waals surface area contributed by atoms with Gasteiger partial charge in [-0.15, -0.1) is 0 Å². The smallest absolute Gasteiger partial charge is 0.331 e. The van der Waals surface area contributed by atoms with E-state index in [1.165, 1.54) is 19.1 Å². The standard InChI is InChI=1S/C21H26O9/c1-11(18(23)24)9-12-5-6-14(13(22)10-12)27-19-16-15(29-20(2,3)30-16)17(28-19)21(4)25-7-8-26-21/h5-6,9-10,15-17,19,22H,7-8H2,1-4H3,(H,23,24)/b11-9+/t15-,16+,17-,19+/m0/s1. The third-order valence-electron chi connectivity index (χ3n) is 5.34. The van der Waals surface area contributed by atoms with E-state index in [0.29, 0.717) is 18.8 Å². The summed E-state index contributed by atoms with van der Waals surface area (Å²) in [4.78, 5) is 11.0. The molecular weight excluding hydrogens is 396 g/mol. The molecule has 0 amide bonds. The minimum absolute atomic E-state index is 0.149. The summed E-state index contributed by atoms with van der Waals surface area (Å²) in [6, 6.07) is 4.62. The zero-order valence-electron chi connectivity index (χ0n) is 17.3. The van der Waals surface area contributed by atoms with E-state index in [2.05, 4.69) is 0 Å². The highest BCUT2D eigenvalue weighted by molar-refractivity contribution is 5.91. The highest BCUT2D eigenvalue weighted by Crippen LogP contribution is 2.45. The fourth-order valence-electron chi connectivity index (χ4n) is 3.93. The lowest BCUT2D eigenvalue weighted by atomic mass is 10.0. The van der Waals surface area contributed by atoms with Crippen molar-refractivity contribution in [3.63, 3.8) is 0 Å². The summed E-state index contributed by atoms with van der Waals surface area (Å²) in [7, 11) is 0. The third-order valence-corrected chi connectivity index (χ3v) is 5.34. The molecule has 3 heterocycles. The van der Waals surface area contributed by atoms with Gasteiger partial charge in [0, 0.05) is 5.57 Å². The van der Waals surface area contributed by atoms with Gasteiger partial charge in [0.2, 0.25) is 6.29 Å². The molecule has 9 heteroatoms. The lowest BCUT2D eigenvalue weighted by Gasteiger charge is -2.32. The van der Waals surface area contributed by atoms with E-state index in [4.69, 9.17) is 33.5 Å². The molecule has 0 bridgehead atoms. The maximum Gasteiger partial charge on any atom is 0.331 e. The zero-order valence-corrected chi connectivity index (χ0v) is 17.3. The van der Waals surface area contributed by atoms with Crippen molar-refractivity contribution in [3.05, 3.63) is 29.3 Å². The van der Waals surface area contributed by atoms with Crippen molar-refractivity contribution in [1.29, 1.82) is 0 Å². The first-order chi connectivity index (χ1) is 14.1. The summed E-state index contributed by atoms with van der Waals surface area (Å²) in [5.41, 5.74) is 0.682. The lowest BCUT2D eigenvalue weighted by molar-refractivity contribution is -0.276. The molecule has 2 N–H and O–H groups in total. The monoisotopic (exact) mass is 422 g/mol. The molecule has 1 aromatic rings. The van der Waals surface area contributed by atoms with E-state index < -0.39 is 42.1 Å². The molecule has 3 aliphatic rings. The SMILES string of the molecule is C/C(=C\c1ccc(O[C@@H]2O[C@H](C3(C)OCCO3)[C@H]3OC(C)(C)O[C@@H]23)c(O)c1)C(=O)O. The Morgan fingerprint density at radius 3 is 2.47 bits per heavy atom. The van der Waals surface area contributed by atoms with E-state index in [0.717, 1.165) is 0 Å². The molecule has 0 radical (unpaired) electrons. The number of carboxylic acid groups (broad SMARTS) is 1. The Morgan fingerprint density at radius 2 is 1.83 bits per heavy atom. The first kappa shape index (κ1) is 21.1. The molecule has 4 atom stereocenters. The van der Waals surface area contributed by atoms with Crippen molar-refractivity contribution in [2.24, 2.45) is 0 Å². The van der Waals surface area contributed by atoms with Crippen LogP contribution in [-0.2, 0) is 28.5 Å². The predicted molar refractivity (Wildman–Crippen MR) is 103 cm³/mol. The van der Waals surface area contributed by atoms with Crippen LogP contribution < -0.4 is 4.74 Å². The normalized spacial score (nSPS) is 32.2. The van der Waals surface area contributed by atoms with Crippen molar-refractivity contribution in [3.8, 4) is 11.5 Å². The van der Waals surface area contributed by atoms with Gasteiger partial charge in [0.15, 0.2) is 29.2 Å². The van der Waals surface area contributed by atoms with Crippen LogP contribution in [-0.4, -0.2) is 65.6 Å². The van der Waals surface area contributed by atoms with Gasteiger partial charge in [0.1, 0.15) is 12.2 Å². The Kier molecular flexibility index (Phi) is 5.27. The van der Waals surface area contributed by atoms with Crippen LogP contribution in [0.3, 0.4) is 0 Å². The topological polar surface area (TPSA) is 113 Å². The van der Waals surface area contributed by atoms with E-state index in [1.54, 1.807) is 19.1 Å². The molecule has 1 aromatic carbocycles. The molecule has 30 heavy (non-hydrogen) atoms. The molecule has 4 rings (SSSR count). The number of benzene rings is 1. The van der Waals surface area contributed by atoms with Gasteiger partial charge in [-0.3, -0.25) is 0 Å². The van der Waals surface area contributed by atoms with E-state index >= 15 is 0 Å². The second-order valence-corrected chi connectivity index (χ2v) is 8.18. The van der Waals surface area contributed by atoms with Gasteiger partial charge in [0.25, 0.3) is 0 Å². The fourth-order valence-corrected chi connectivity index (χ4v) is 3.93. The van der Waals surface area contributed by atoms with Gasteiger partial charge >= 0.3 is 5.97 Å². The Bertz CT molecular complexity index is 856. The highest BCUT2D eigenvalue weighted by atomic mass is 16.8. The molecule has 0 aromatic heterocycles. The molecule has 164 valence electrons. The Morgan fingerprint density at radius 1 is 1.17 bits per heavy atom. The number of aromatic hydroxyl groups is 1. The Balaban J connectivity index is 1.55. The van der Waals surface area contributed by atoms with Crippen molar-refractivity contribution >= 4 is 12.0 Å². The molecule has 0 unspecified atom stereocenters. The Labute approximate surface area is 174 Å². The summed E-state index contributed by atoms with van der Waals surface area (Å²) in [6.07, 6.45) is -1.02. The van der Waals surface area contributed by atoms with E-state index in [-0.39, 0.29) is 17.1 Å². The van der Waals surface area contributed by atoms with Gasteiger partial charge in [0.05, 0.1) is 13.2 Å². The van der Waals surface area contributed by atoms with Crippen molar-refractivity contribution in [2.45, 2.75) is 63.9 Å². The van der Waals surface area contributed by atoms with Crippen LogP contribution in [0.4, 0.5) is 0 Å². The molecule has 0 spiro atoms. The van der Waals surface area contributed by atoms with Gasteiger partial charge in [-0.2, -0.15) is 0 Å². The second-order valence-electron chi connectivity index (χ2n) is 8.18. The third kappa shape index (κ3) is 3.91. The average Bonchev–Trinajstić information content (AvgIpc) is 3.31. The van der Waals surface area contributed by atoms with E-state index in [1.807, 2.05) is 13.8 Å². The summed E-state index contributed by atoms with van der Waals surface area (Å²) in [6.45, 7) is 7.79. The van der Waals surface area contributed by atoms with Crippen molar-refractivity contribution < 1.29 is 43.4 Å². The van der Waals surface area contributed by atoms with Gasteiger partial charge in [-0.25, -0.2) is 4.79 Å². The quantitative estimate of drug-likeness (QED) is 0.690. The van der Waals surface area contributed by atoms with Crippen LogP contribution in [0.2, 0.25) is 0 Å². The summed E-state index contributed by atoms with van der Waals surface area (Å²) in [5, 5.41) is 19.4. The molecule has 3 saturated heterocycles. The van der Waals surface area contributed by atoms with E-state index in [9.17, 15) is 9.90 Å². The number of rotatable bonds is 5. The highest BCUT2D eigenvalue weighted by Gasteiger charge is 2.63. The number of hydrogen-bond donors (Lipinski definition) is 2. The molecular formula is C21H26O9. The summed E-state index contributed by atoms with van der Waals surface area (Å²) >= 11 is 0. The maximum absolute atomic E-state index is 11.0. The number of fused-ring (bicyclic) bond motifs is 1. The Hall–Kier alpha value is -2.17.